The van der Waals surface area contributed by atoms with Gasteiger partial charge >= 0.3 is 0 Å². The largest absolute Gasteiger partial charge is 0.378 e. The zero-order valence-corrected chi connectivity index (χ0v) is 9.38. The Morgan fingerprint density at radius 2 is 2.40 bits per heavy atom. The number of nitrogens with one attached hydrogen (secondary N) is 1. The van der Waals surface area contributed by atoms with E-state index in [0.717, 1.165) is 6.42 Å². The summed E-state index contributed by atoms with van der Waals surface area (Å²) in [5, 5.41) is 2.78. The SMILES string of the molecule is CCOCC(=O)NCC1(OC)CCOC1. The molecule has 1 atom stereocenters. The summed E-state index contributed by atoms with van der Waals surface area (Å²) in [7, 11) is 1.64. The Hall–Kier alpha value is -0.650. The average molecular weight is 217 g/mol. The number of rotatable bonds is 6. The molecule has 1 fully saturated rings. The number of methoxy groups -OCH3 is 1. The molecule has 0 aliphatic carbocycles. The fourth-order valence-corrected chi connectivity index (χ4v) is 1.47. The van der Waals surface area contributed by atoms with Crippen molar-refractivity contribution in [3.05, 3.63) is 0 Å². The van der Waals surface area contributed by atoms with E-state index in [1.54, 1.807) is 7.11 Å². The van der Waals surface area contributed by atoms with Gasteiger partial charge in [-0.25, -0.2) is 0 Å². The van der Waals surface area contributed by atoms with E-state index in [-0.39, 0.29) is 18.1 Å². The van der Waals surface area contributed by atoms with Crippen LogP contribution in [0.5, 0.6) is 0 Å². The van der Waals surface area contributed by atoms with Crippen LogP contribution in [0.15, 0.2) is 0 Å². The fourth-order valence-electron chi connectivity index (χ4n) is 1.47. The van der Waals surface area contributed by atoms with Gasteiger partial charge in [0, 0.05) is 33.3 Å². The van der Waals surface area contributed by atoms with E-state index in [4.69, 9.17) is 14.2 Å². The lowest BCUT2D eigenvalue weighted by Crippen LogP contribution is -2.45. The molecule has 0 bridgehead atoms. The van der Waals surface area contributed by atoms with Crippen LogP contribution in [-0.4, -0.2) is 51.6 Å². The van der Waals surface area contributed by atoms with Crippen LogP contribution in [0.4, 0.5) is 0 Å². The molecule has 0 aromatic rings. The molecule has 0 aromatic carbocycles. The molecule has 1 N–H and O–H groups in total. The molecule has 5 nitrogen and oxygen atoms in total. The Morgan fingerprint density at radius 3 is 2.93 bits per heavy atom. The summed E-state index contributed by atoms with van der Waals surface area (Å²) in [6.07, 6.45) is 0.818. The van der Waals surface area contributed by atoms with Crippen molar-refractivity contribution < 1.29 is 19.0 Å². The van der Waals surface area contributed by atoms with Crippen molar-refractivity contribution in [1.82, 2.24) is 5.32 Å². The number of carbonyl (C=O) groups excluding carboxylic acids is 1. The first kappa shape index (κ1) is 12.4. The third-order valence-corrected chi connectivity index (χ3v) is 2.55. The maximum absolute atomic E-state index is 11.3. The minimum atomic E-state index is -0.345. The molecule has 5 heteroatoms. The summed E-state index contributed by atoms with van der Waals surface area (Å²) in [6, 6.07) is 0. The second-order valence-electron chi connectivity index (χ2n) is 3.60. The van der Waals surface area contributed by atoms with E-state index in [1.165, 1.54) is 0 Å². The van der Waals surface area contributed by atoms with Crippen LogP contribution in [0.2, 0.25) is 0 Å². The zero-order valence-electron chi connectivity index (χ0n) is 9.38. The van der Waals surface area contributed by atoms with Gasteiger partial charge in [0.1, 0.15) is 12.2 Å². The van der Waals surface area contributed by atoms with Crippen molar-refractivity contribution in [2.45, 2.75) is 18.9 Å². The molecule has 1 aliphatic heterocycles. The van der Waals surface area contributed by atoms with E-state index in [0.29, 0.717) is 26.4 Å². The van der Waals surface area contributed by atoms with Crippen LogP contribution in [0.25, 0.3) is 0 Å². The summed E-state index contributed by atoms with van der Waals surface area (Å²) in [5.41, 5.74) is -0.345. The molecule has 88 valence electrons. The average Bonchev–Trinajstić information content (AvgIpc) is 2.73. The highest BCUT2D eigenvalue weighted by atomic mass is 16.5. The fraction of sp³-hybridized carbons (Fsp3) is 0.900. The molecule has 1 amide bonds. The predicted octanol–water partition coefficient (Wildman–Crippen LogP) is -0.0554. The molecule has 1 unspecified atom stereocenters. The normalized spacial score (nSPS) is 25.5. The van der Waals surface area contributed by atoms with Crippen LogP contribution >= 0.6 is 0 Å². The van der Waals surface area contributed by atoms with Crippen LogP contribution in [-0.2, 0) is 19.0 Å². The molecule has 0 spiro atoms. The van der Waals surface area contributed by atoms with Crippen molar-refractivity contribution in [2.75, 3.05) is 40.1 Å². The standard InChI is InChI=1S/C10H19NO4/c1-3-14-6-9(12)11-7-10(13-2)4-5-15-8-10/h3-8H2,1-2H3,(H,11,12). The molecule has 0 saturated carbocycles. The van der Waals surface area contributed by atoms with E-state index in [9.17, 15) is 4.79 Å². The molecule has 0 aromatic heterocycles. The monoisotopic (exact) mass is 217 g/mol. The number of carbonyl (C=O) groups is 1. The maximum Gasteiger partial charge on any atom is 0.246 e. The summed E-state index contributed by atoms with van der Waals surface area (Å²) in [5.74, 6) is -0.111. The van der Waals surface area contributed by atoms with E-state index in [2.05, 4.69) is 5.32 Å². The van der Waals surface area contributed by atoms with Gasteiger partial charge in [-0.15, -0.1) is 0 Å². The van der Waals surface area contributed by atoms with Gasteiger partial charge in [0.25, 0.3) is 0 Å². The highest BCUT2D eigenvalue weighted by Crippen LogP contribution is 2.21. The first-order chi connectivity index (χ1) is 7.22. The summed E-state index contributed by atoms with van der Waals surface area (Å²) in [6.45, 7) is 4.22. The van der Waals surface area contributed by atoms with Gasteiger partial charge in [-0.3, -0.25) is 4.79 Å². The summed E-state index contributed by atoms with van der Waals surface area (Å²) in [4.78, 5) is 11.3. The van der Waals surface area contributed by atoms with Crippen molar-refractivity contribution in [3.8, 4) is 0 Å². The molecular formula is C10H19NO4. The van der Waals surface area contributed by atoms with E-state index >= 15 is 0 Å². The van der Waals surface area contributed by atoms with Crippen molar-refractivity contribution >= 4 is 5.91 Å². The number of ether oxygens (including phenoxy) is 3. The first-order valence-corrected chi connectivity index (χ1v) is 5.20. The Balaban J connectivity index is 2.25. The number of hydrogen-bond donors (Lipinski definition) is 1. The van der Waals surface area contributed by atoms with Gasteiger partial charge < -0.3 is 19.5 Å². The third-order valence-electron chi connectivity index (χ3n) is 2.55. The van der Waals surface area contributed by atoms with Gasteiger partial charge in [0.05, 0.1) is 6.61 Å². The van der Waals surface area contributed by atoms with Crippen LogP contribution in [0.3, 0.4) is 0 Å². The third kappa shape index (κ3) is 3.77. The van der Waals surface area contributed by atoms with Crippen molar-refractivity contribution in [1.29, 1.82) is 0 Å². The Labute approximate surface area is 90.1 Å². The topological polar surface area (TPSA) is 56.8 Å². The van der Waals surface area contributed by atoms with E-state index in [1.807, 2.05) is 6.92 Å². The smallest absolute Gasteiger partial charge is 0.246 e. The maximum atomic E-state index is 11.3. The lowest BCUT2D eigenvalue weighted by molar-refractivity contribution is -0.127. The second-order valence-corrected chi connectivity index (χ2v) is 3.60. The van der Waals surface area contributed by atoms with Gasteiger partial charge in [-0.1, -0.05) is 0 Å². The number of amides is 1. The lowest BCUT2D eigenvalue weighted by atomic mass is 10.0. The summed E-state index contributed by atoms with van der Waals surface area (Å²) >= 11 is 0. The number of hydrogen-bond acceptors (Lipinski definition) is 4. The second kappa shape index (κ2) is 6.05. The van der Waals surface area contributed by atoms with Crippen LogP contribution < -0.4 is 5.32 Å². The lowest BCUT2D eigenvalue weighted by Gasteiger charge is -2.25. The highest BCUT2D eigenvalue weighted by molar-refractivity contribution is 5.77. The molecule has 1 rings (SSSR count). The minimum absolute atomic E-state index is 0.108. The van der Waals surface area contributed by atoms with Crippen molar-refractivity contribution in [3.63, 3.8) is 0 Å². The molecule has 1 heterocycles. The van der Waals surface area contributed by atoms with Gasteiger partial charge in [0.2, 0.25) is 5.91 Å². The van der Waals surface area contributed by atoms with E-state index < -0.39 is 0 Å². The highest BCUT2D eigenvalue weighted by Gasteiger charge is 2.35. The summed E-state index contributed by atoms with van der Waals surface area (Å²) < 4.78 is 15.6. The first-order valence-electron chi connectivity index (χ1n) is 5.20. The quantitative estimate of drug-likeness (QED) is 0.677. The van der Waals surface area contributed by atoms with Gasteiger partial charge in [-0.2, -0.15) is 0 Å². The van der Waals surface area contributed by atoms with Crippen LogP contribution in [0, 0.1) is 0 Å². The predicted molar refractivity (Wildman–Crippen MR) is 54.7 cm³/mol. The molecule has 15 heavy (non-hydrogen) atoms. The van der Waals surface area contributed by atoms with Gasteiger partial charge in [0.15, 0.2) is 0 Å². The molecule has 0 radical (unpaired) electrons. The zero-order chi connectivity index (χ0) is 11.1. The molecule has 1 aliphatic rings. The Bertz CT molecular complexity index is 202. The Kier molecular flexibility index (Phi) is 5.01. The van der Waals surface area contributed by atoms with Crippen molar-refractivity contribution in [2.24, 2.45) is 0 Å². The Morgan fingerprint density at radius 1 is 1.60 bits per heavy atom. The molecule has 1 saturated heterocycles. The van der Waals surface area contributed by atoms with Gasteiger partial charge in [-0.05, 0) is 6.92 Å². The molecular weight excluding hydrogens is 198 g/mol. The minimum Gasteiger partial charge on any atom is -0.378 e. The van der Waals surface area contributed by atoms with Crippen LogP contribution in [0.1, 0.15) is 13.3 Å².